The first-order valence-electron chi connectivity index (χ1n) is 7.77. The van der Waals surface area contributed by atoms with E-state index in [9.17, 15) is 4.79 Å². The number of carbonyl (C=O) groups excluding carboxylic acids is 1. The van der Waals surface area contributed by atoms with Crippen LogP contribution in [0.15, 0.2) is 4.99 Å². The smallest absolute Gasteiger partial charge is 0.306 e. The summed E-state index contributed by atoms with van der Waals surface area (Å²) < 4.78 is 5.51. The third kappa shape index (κ3) is 8.02. The summed E-state index contributed by atoms with van der Waals surface area (Å²) in [7, 11) is 0. The predicted molar refractivity (Wildman–Crippen MR) is 81.7 cm³/mol. The van der Waals surface area contributed by atoms with Crippen LogP contribution in [0.3, 0.4) is 0 Å². The molecule has 0 aliphatic carbocycles. The Morgan fingerprint density at radius 3 is 2.32 bits per heavy atom. The van der Waals surface area contributed by atoms with E-state index in [0.717, 1.165) is 44.4 Å². The third-order valence-corrected chi connectivity index (χ3v) is 3.47. The topological polar surface area (TPSA) is 38.7 Å². The van der Waals surface area contributed by atoms with Crippen molar-refractivity contribution in [2.45, 2.75) is 79.2 Å². The van der Waals surface area contributed by atoms with E-state index in [-0.39, 0.29) is 18.0 Å². The van der Waals surface area contributed by atoms with Crippen LogP contribution in [0.25, 0.3) is 0 Å². The van der Waals surface area contributed by atoms with Crippen molar-refractivity contribution in [3.05, 3.63) is 0 Å². The van der Waals surface area contributed by atoms with E-state index in [1.165, 1.54) is 0 Å². The SMILES string of the molecule is CCCCN=C(C)C(CC)C(C)OC(=O)CCCC. The molecule has 0 aromatic rings. The second-order valence-corrected chi connectivity index (χ2v) is 5.19. The van der Waals surface area contributed by atoms with Gasteiger partial charge in [0.25, 0.3) is 0 Å². The number of hydrogen-bond acceptors (Lipinski definition) is 3. The highest BCUT2D eigenvalue weighted by Gasteiger charge is 2.21. The van der Waals surface area contributed by atoms with Crippen molar-refractivity contribution in [2.24, 2.45) is 10.9 Å². The van der Waals surface area contributed by atoms with Gasteiger partial charge in [0.1, 0.15) is 6.10 Å². The second kappa shape index (κ2) is 11.0. The molecule has 0 radical (unpaired) electrons. The van der Waals surface area contributed by atoms with E-state index in [2.05, 4.69) is 32.7 Å². The first-order valence-corrected chi connectivity index (χ1v) is 7.77. The summed E-state index contributed by atoms with van der Waals surface area (Å²) in [5, 5.41) is 0. The molecule has 2 atom stereocenters. The van der Waals surface area contributed by atoms with E-state index in [1.807, 2.05) is 6.92 Å². The number of carbonyl (C=O) groups is 1. The maximum atomic E-state index is 11.7. The number of esters is 1. The van der Waals surface area contributed by atoms with E-state index >= 15 is 0 Å². The highest BCUT2D eigenvalue weighted by Crippen LogP contribution is 2.16. The molecule has 19 heavy (non-hydrogen) atoms. The zero-order valence-electron chi connectivity index (χ0n) is 13.4. The van der Waals surface area contributed by atoms with Crippen LogP contribution in [-0.4, -0.2) is 24.3 Å². The highest BCUT2D eigenvalue weighted by molar-refractivity contribution is 5.85. The lowest BCUT2D eigenvalue weighted by atomic mass is 9.95. The number of rotatable bonds is 10. The molecule has 0 saturated carbocycles. The molecule has 0 fully saturated rings. The van der Waals surface area contributed by atoms with Crippen LogP contribution in [0.5, 0.6) is 0 Å². The summed E-state index contributed by atoms with van der Waals surface area (Å²) in [6, 6.07) is 0. The van der Waals surface area contributed by atoms with Gasteiger partial charge in [-0.1, -0.05) is 33.6 Å². The highest BCUT2D eigenvalue weighted by atomic mass is 16.5. The normalized spacial score (nSPS) is 15.1. The van der Waals surface area contributed by atoms with Crippen molar-refractivity contribution in [3.8, 4) is 0 Å². The summed E-state index contributed by atoms with van der Waals surface area (Å²) in [5.74, 6) is 0.177. The lowest BCUT2D eigenvalue weighted by Crippen LogP contribution is -2.29. The molecule has 0 aromatic heterocycles. The standard InChI is InChI=1S/C16H31NO2/c1-6-9-11-16(18)19-14(5)15(8-3)13(4)17-12-10-7-2/h14-15H,6-12H2,1-5H3. The predicted octanol–water partition coefficient (Wildman–Crippen LogP) is 4.40. The largest absolute Gasteiger partial charge is 0.462 e. The van der Waals surface area contributed by atoms with Crippen LogP contribution in [0, 0.1) is 5.92 Å². The first kappa shape index (κ1) is 18.1. The Hall–Kier alpha value is -0.860. The minimum atomic E-state index is -0.0749. The quantitative estimate of drug-likeness (QED) is 0.335. The minimum Gasteiger partial charge on any atom is -0.462 e. The zero-order chi connectivity index (χ0) is 14.7. The summed E-state index contributed by atoms with van der Waals surface area (Å²) in [6.07, 6.45) is 5.64. The van der Waals surface area contributed by atoms with Crippen LogP contribution in [0.1, 0.15) is 73.1 Å². The molecular weight excluding hydrogens is 238 g/mol. The van der Waals surface area contributed by atoms with Gasteiger partial charge < -0.3 is 4.74 Å². The summed E-state index contributed by atoms with van der Waals surface area (Å²) >= 11 is 0. The zero-order valence-corrected chi connectivity index (χ0v) is 13.4. The van der Waals surface area contributed by atoms with Crippen LogP contribution >= 0.6 is 0 Å². The van der Waals surface area contributed by atoms with Gasteiger partial charge in [-0.05, 0) is 33.1 Å². The molecule has 0 aromatic carbocycles. The van der Waals surface area contributed by atoms with Crippen molar-refractivity contribution >= 4 is 11.7 Å². The van der Waals surface area contributed by atoms with Gasteiger partial charge in [-0.15, -0.1) is 0 Å². The summed E-state index contributed by atoms with van der Waals surface area (Å²) in [6.45, 7) is 11.3. The third-order valence-electron chi connectivity index (χ3n) is 3.47. The van der Waals surface area contributed by atoms with Crippen molar-refractivity contribution in [1.82, 2.24) is 0 Å². The molecule has 0 spiro atoms. The number of nitrogens with zero attached hydrogens (tertiary/aromatic N) is 1. The Labute approximate surface area is 118 Å². The van der Waals surface area contributed by atoms with Crippen molar-refractivity contribution < 1.29 is 9.53 Å². The van der Waals surface area contributed by atoms with E-state index in [1.54, 1.807) is 0 Å². The molecule has 0 bridgehead atoms. The van der Waals surface area contributed by atoms with Gasteiger partial charge in [0.05, 0.1) is 0 Å². The minimum absolute atomic E-state index is 0.0697. The molecule has 112 valence electrons. The summed E-state index contributed by atoms with van der Waals surface area (Å²) in [4.78, 5) is 16.3. The molecule has 0 heterocycles. The fraction of sp³-hybridized carbons (Fsp3) is 0.875. The number of unbranched alkanes of at least 4 members (excludes halogenated alkanes) is 2. The Bertz CT molecular complexity index is 274. The Morgan fingerprint density at radius 2 is 1.79 bits per heavy atom. The van der Waals surface area contributed by atoms with Crippen molar-refractivity contribution in [1.29, 1.82) is 0 Å². The number of hydrogen-bond donors (Lipinski definition) is 0. The fourth-order valence-corrected chi connectivity index (χ4v) is 2.17. The van der Waals surface area contributed by atoms with Gasteiger partial charge in [0.2, 0.25) is 0 Å². The molecular formula is C16H31NO2. The van der Waals surface area contributed by atoms with Gasteiger partial charge in [-0.2, -0.15) is 0 Å². The molecule has 0 rings (SSSR count). The maximum absolute atomic E-state index is 11.7. The van der Waals surface area contributed by atoms with Crippen molar-refractivity contribution in [3.63, 3.8) is 0 Å². The van der Waals surface area contributed by atoms with E-state index in [4.69, 9.17) is 4.74 Å². The molecule has 2 unspecified atom stereocenters. The van der Waals surface area contributed by atoms with Crippen molar-refractivity contribution in [2.75, 3.05) is 6.54 Å². The monoisotopic (exact) mass is 269 g/mol. The van der Waals surface area contributed by atoms with Gasteiger partial charge in [0.15, 0.2) is 0 Å². The maximum Gasteiger partial charge on any atom is 0.306 e. The first-order chi connectivity index (χ1) is 9.06. The molecule has 0 aliphatic rings. The Morgan fingerprint density at radius 1 is 1.16 bits per heavy atom. The van der Waals surface area contributed by atoms with Crippen LogP contribution in [0.4, 0.5) is 0 Å². The molecule has 0 aliphatic heterocycles. The Kier molecular flexibility index (Phi) is 10.5. The number of aliphatic imine (C=N–C) groups is 1. The van der Waals surface area contributed by atoms with Gasteiger partial charge in [0, 0.05) is 24.6 Å². The molecule has 0 N–H and O–H groups in total. The van der Waals surface area contributed by atoms with Crippen LogP contribution in [0.2, 0.25) is 0 Å². The Balaban J connectivity index is 4.33. The average molecular weight is 269 g/mol. The van der Waals surface area contributed by atoms with Gasteiger partial charge >= 0.3 is 5.97 Å². The fourth-order valence-electron chi connectivity index (χ4n) is 2.17. The van der Waals surface area contributed by atoms with E-state index < -0.39 is 0 Å². The lowest BCUT2D eigenvalue weighted by Gasteiger charge is -2.23. The molecule has 3 heteroatoms. The summed E-state index contributed by atoms with van der Waals surface area (Å²) in [5.41, 5.74) is 1.12. The van der Waals surface area contributed by atoms with Crippen LogP contribution in [-0.2, 0) is 9.53 Å². The molecule has 3 nitrogen and oxygen atoms in total. The second-order valence-electron chi connectivity index (χ2n) is 5.19. The van der Waals surface area contributed by atoms with Crippen LogP contribution < -0.4 is 0 Å². The van der Waals surface area contributed by atoms with Gasteiger partial charge in [-0.25, -0.2) is 0 Å². The molecule has 0 amide bonds. The molecule has 0 saturated heterocycles. The average Bonchev–Trinajstić information content (AvgIpc) is 2.37. The number of ether oxygens (including phenoxy) is 1. The van der Waals surface area contributed by atoms with Gasteiger partial charge in [-0.3, -0.25) is 9.79 Å². The lowest BCUT2D eigenvalue weighted by molar-refractivity contribution is -0.149. The van der Waals surface area contributed by atoms with E-state index in [0.29, 0.717) is 6.42 Å².